The topological polar surface area (TPSA) is 38.8 Å². The van der Waals surface area contributed by atoms with E-state index in [4.69, 9.17) is 21.1 Å². The molecule has 0 N–H and O–H groups in total. The molecule has 2 aromatic carbocycles. The number of fused-ring (bicyclic) bond motifs is 1. The largest absolute Gasteiger partial charge is 0.454 e. The van der Waals surface area contributed by atoms with Crippen molar-refractivity contribution in [3.8, 4) is 11.5 Å². The van der Waals surface area contributed by atoms with Gasteiger partial charge in [0.2, 0.25) is 6.79 Å². The quantitative estimate of drug-likeness (QED) is 0.627. The van der Waals surface area contributed by atoms with Crippen LogP contribution in [0.3, 0.4) is 0 Å². The van der Waals surface area contributed by atoms with E-state index in [0.29, 0.717) is 6.54 Å². The second-order valence-corrected chi connectivity index (χ2v) is 9.13. The summed E-state index contributed by atoms with van der Waals surface area (Å²) in [6.45, 7) is 0.845. The number of thioether (sulfide) groups is 1. The first kappa shape index (κ1) is 18.9. The van der Waals surface area contributed by atoms with Crippen molar-refractivity contribution in [2.24, 2.45) is 0 Å². The molecular formula is C23H22ClNO3S. The van der Waals surface area contributed by atoms with Gasteiger partial charge < -0.3 is 14.4 Å². The number of amides is 1. The zero-order valence-electron chi connectivity index (χ0n) is 16.0. The van der Waals surface area contributed by atoms with Gasteiger partial charge in [-0.1, -0.05) is 29.8 Å². The fourth-order valence-electron chi connectivity index (χ4n) is 4.25. The van der Waals surface area contributed by atoms with Crippen LogP contribution in [-0.4, -0.2) is 23.0 Å². The number of halogens is 1. The lowest BCUT2D eigenvalue weighted by atomic mass is 9.94. The molecule has 1 atom stereocenters. The van der Waals surface area contributed by atoms with E-state index in [1.807, 2.05) is 47.0 Å². The molecule has 6 heteroatoms. The van der Waals surface area contributed by atoms with Gasteiger partial charge in [-0.3, -0.25) is 4.79 Å². The Morgan fingerprint density at radius 2 is 1.76 bits per heavy atom. The predicted octanol–water partition coefficient (Wildman–Crippen LogP) is 5.54. The van der Waals surface area contributed by atoms with Gasteiger partial charge in [-0.15, -0.1) is 11.8 Å². The van der Waals surface area contributed by atoms with Crippen LogP contribution in [0.2, 0.25) is 5.02 Å². The maximum Gasteiger partial charge on any atom is 0.251 e. The maximum atomic E-state index is 13.2. The van der Waals surface area contributed by atoms with Crippen LogP contribution in [0.5, 0.6) is 11.5 Å². The highest BCUT2D eigenvalue weighted by Crippen LogP contribution is 2.43. The van der Waals surface area contributed by atoms with Crippen molar-refractivity contribution < 1.29 is 14.3 Å². The van der Waals surface area contributed by atoms with Gasteiger partial charge >= 0.3 is 0 Å². The zero-order valence-corrected chi connectivity index (χ0v) is 17.6. The van der Waals surface area contributed by atoms with Crippen LogP contribution in [-0.2, 0) is 17.1 Å². The van der Waals surface area contributed by atoms with E-state index in [1.165, 1.54) is 17.6 Å². The molecule has 29 heavy (non-hydrogen) atoms. The summed E-state index contributed by atoms with van der Waals surface area (Å²) >= 11 is 7.85. The summed E-state index contributed by atoms with van der Waals surface area (Å²) < 4.78 is 10.9. The maximum absolute atomic E-state index is 13.2. The van der Waals surface area contributed by atoms with Crippen LogP contribution < -0.4 is 9.47 Å². The van der Waals surface area contributed by atoms with Crippen molar-refractivity contribution in [2.75, 3.05) is 6.79 Å². The van der Waals surface area contributed by atoms with Gasteiger partial charge in [0.1, 0.15) is 5.37 Å². The first-order chi connectivity index (χ1) is 14.2. The van der Waals surface area contributed by atoms with E-state index in [-0.39, 0.29) is 18.1 Å². The number of carbonyl (C=O) groups is 1. The third-order valence-electron chi connectivity index (χ3n) is 5.72. The van der Waals surface area contributed by atoms with E-state index in [0.717, 1.165) is 52.7 Å². The summed E-state index contributed by atoms with van der Waals surface area (Å²) in [7, 11) is 0. The minimum absolute atomic E-state index is 0.0962. The molecule has 0 spiro atoms. The third-order valence-corrected chi connectivity index (χ3v) is 7.33. The summed E-state index contributed by atoms with van der Waals surface area (Å²) in [6.07, 6.45) is 4.21. The Hall–Kier alpha value is -2.11. The van der Waals surface area contributed by atoms with E-state index >= 15 is 0 Å². The molecule has 0 aromatic heterocycles. The van der Waals surface area contributed by atoms with Crippen molar-refractivity contribution in [2.45, 2.75) is 43.4 Å². The van der Waals surface area contributed by atoms with Crippen molar-refractivity contribution >= 4 is 29.3 Å². The Balaban J connectivity index is 1.38. The highest BCUT2D eigenvalue weighted by molar-refractivity contribution is 7.99. The fraction of sp³-hybridized carbons (Fsp3) is 0.348. The van der Waals surface area contributed by atoms with Crippen LogP contribution in [0.1, 0.15) is 36.8 Å². The lowest BCUT2D eigenvalue weighted by molar-refractivity contribution is -0.126. The Morgan fingerprint density at radius 1 is 1.00 bits per heavy atom. The number of benzene rings is 2. The fourth-order valence-corrected chi connectivity index (χ4v) is 5.73. The molecule has 2 heterocycles. The molecule has 0 saturated carbocycles. The SMILES string of the molecule is O=C1C2=C(CCCC2)[C@H](SCc2ccc(Cl)cc2)N1Cc1ccc2c(c1)OCO2. The number of hydrogen-bond donors (Lipinski definition) is 0. The third kappa shape index (κ3) is 3.74. The minimum atomic E-state index is 0.0962. The Morgan fingerprint density at radius 3 is 2.62 bits per heavy atom. The summed E-state index contributed by atoms with van der Waals surface area (Å²) in [5.41, 5.74) is 4.67. The van der Waals surface area contributed by atoms with Crippen LogP contribution >= 0.6 is 23.4 Å². The molecule has 0 saturated heterocycles. The van der Waals surface area contributed by atoms with E-state index < -0.39 is 0 Å². The summed E-state index contributed by atoms with van der Waals surface area (Å²) in [4.78, 5) is 15.3. The molecular weight excluding hydrogens is 406 g/mol. The van der Waals surface area contributed by atoms with E-state index in [1.54, 1.807) is 0 Å². The molecule has 1 aliphatic carbocycles. The molecule has 2 aliphatic heterocycles. The Labute approximate surface area is 179 Å². The molecule has 0 radical (unpaired) electrons. The molecule has 2 aromatic rings. The first-order valence-electron chi connectivity index (χ1n) is 9.96. The molecule has 4 nitrogen and oxygen atoms in total. The standard InChI is InChI=1S/C23H22ClNO3S/c24-17-8-5-15(6-9-17)13-29-23-19-4-2-1-3-18(19)22(26)25(23)12-16-7-10-20-21(11-16)28-14-27-20/h5-11,23H,1-4,12-14H2/t23-/m0/s1. The average molecular weight is 428 g/mol. The number of hydrogen-bond acceptors (Lipinski definition) is 4. The van der Waals surface area contributed by atoms with Crippen molar-refractivity contribution in [3.05, 3.63) is 69.8 Å². The van der Waals surface area contributed by atoms with Gasteiger partial charge in [0.15, 0.2) is 11.5 Å². The first-order valence-corrected chi connectivity index (χ1v) is 11.4. The lowest BCUT2D eigenvalue weighted by Crippen LogP contribution is -2.33. The van der Waals surface area contributed by atoms with Gasteiger partial charge in [-0.25, -0.2) is 0 Å². The second kappa shape index (κ2) is 7.96. The molecule has 150 valence electrons. The van der Waals surface area contributed by atoms with Gasteiger partial charge in [0, 0.05) is 22.9 Å². The predicted molar refractivity (Wildman–Crippen MR) is 115 cm³/mol. The van der Waals surface area contributed by atoms with Crippen LogP contribution in [0.25, 0.3) is 0 Å². The number of rotatable bonds is 5. The van der Waals surface area contributed by atoms with Crippen molar-refractivity contribution in [1.29, 1.82) is 0 Å². The van der Waals surface area contributed by atoms with Gasteiger partial charge in [0.25, 0.3) is 5.91 Å². The monoisotopic (exact) mass is 427 g/mol. The number of carbonyl (C=O) groups excluding carboxylic acids is 1. The smallest absolute Gasteiger partial charge is 0.251 e. The van der Waals surface area contributed by atoms with Crippen molar-refractivity contribution in [1.82, 2.24) is 4.90 Å². The second-order valence-electron chi connectivity index (χ2n) is 7.62. The average Bonchev–Trinajstić information content (AvgIpc) is 3.31. The number of nitrogens with zero attached hydrogens (tertiary/aromatic N) is 1. The Kier molecular flexibility index (Phi) is 5.18. The van der Waals surface area contributed by atoms with Gasteiger partial charge in [-0.2, -0.15) is 0 Å². The zero-order chi connectivity index (χ0) is 19.8. The minimum Gasteiger partial charge on any atom is -0.454 e. The molecule has 1 amide bonds. The highest BCUT2D eigenvalue weighted by atomic mass is 35.5. The van der Waals surface area contributed by atoms with Gasteiger partial charge in [-0.05, 0) is 66.6 Å². The van der Waals surface area contributed by atoms with Crippen molar-refractivity contribution in [3.63, 3.8) is 0 Å². The molecule has 3 aliphatic rings. The van der Waals surface area contributed by atoms with Gasteiger partial charge in [0.05, 0.1) is 0 Å². The molecule has 5 rings (SSSR count). The molecule has 0 unspecified atom stereocenters. The van der Waals surface area contributed by atoms with Crippen LogP contribution in [0, 0.1) is 0 Å². The van der Waals surface area contributed by atoms with E-state index in [9.17, 15) is 4.79 Å². The van der Waals surface area contributed by atoms with Crippen LogP contribution in [0.4, 0.5) is 0 Å². The summed E-state index contributed by atoms with van der Waals surface area (Å²) in [5.74, 6) is 2.58. The molecule has 0 bridgehead atoms. The number of ether oxygens (including phenoxy) is 2. The normalized spacial score (nSPS) is 20.4. The summed E-state index contributed by atoms with van der Waals surface area (Å²) in [6, 6.07) is 13.9. The Bertz CT molecular complexity index is 973. The summed E-state index contributed by atoms with van der Waals surface area (Å²) in [5, 5.41) is 0.843. The molecule has 0 fully saturated rings. The highest BCUT2D eigenvalue weighted by Gasteiger charge is 2.39. The lowest BCUT2D eigenvalue weighted by Gasteiger charge is -2.27. The van der Waals surface area contributed by atoms with Crippen LogP contribution in [0.15, 0.2) is 53.6 Å². The van der Waals surface area contributed by atoms with E-state index in [2.05, 4.69) is 12.1 Å².